The Morgan fingerprint density at radius 2 is 2.00 bits per heavy atom. The Morgan fingerprint density at radius 1 is 1.24 bits per heavy atom. The van der Waals surface area contributed by atoms with Crippen molar-refractivity contribution < 1.29 is 14.6 Å². The largest absolute Gasteiger partial charge is 0.491 e. The number of guanidine groups is 1. The van der Waals surface area contributed by atoms with Crippen LogP contribution in [0.2, 0.25) is 0 Å². The molecule has 0 amide bonds. The molecule has 0 aliphatic carbocycles. The Bertz CT molecular complexity index is 618. The van der Waals surface area contributed by atoms with E-state index in [0.29, 0.717) is 12.5 Å². The third-order valence-corrected chi connectivity index (χ3v) is 4.66. The first-order valence-corrected chi connectivity index (χ1v) is 10.7. The number of nitrogens with zero attached hydrogens (tertiary/aromatic N) is 2. The first-order valence-electron chi connectivity index (χ1n) is 10.7. The molecular weight excluding hydrogens is 368 g/mol. The molecule has 3 N–H and O–H groups in total. The Morgan fingerprint density at radius 3 is 2.69 bits per heavy atom. The highest BCUT2D eigenvalue weighted by Crippen LogP contribution is 2.19. The summed E-state index contributed by atoms with van der Waals surface area (Å²) in [5.41, 5.74) is 0.826. The summed E-state index contributed by atoms with van der Waals surface area (Å²) in [4.78, 5) is 7.13. The lowest BCUT2D eigenvalue weighted by Crippen LogP contribution is -2.41. The van der Waals surface area contributed by atoms with Gasteiger partial charge in [0.15, 0.2) is 5.96 Å². The first-order chi connectivity index (χ1) is 14.0. The van der Waals surface area contributed by atoms with Crippen molar-refractivity contribution in [3.8, 4) is 5.75 Å². The molecule has 1 fully saturated rings. The molecule has 7 nitrogen and oxygen atoms in total. The number of aliphatic hydroxyl groups excluding tert-OH is 1. The molecule has 0 bridgehead atoms. The summed E-state index contributed by atoms with van der Waals surface area (Å²) in [5, 5.41) is 17.1. The highest BCUT2D eigenvalue weighted by molar-refractivity contribution is 5.79. The lowest BCUT2D eigenvalue weighted by atomic mass is 10.1. The monoisotopic (exact) mass is 406 g/mol. The average Bonchev–Trinajstić information content (AvgIpc) is 2.70. The van der Waals surface area contributed by atoms with Gasteiger partial charge < -0.3 is 25.2 Å². The second kappa shape index (κ2) is 12.7. The van der Waals surface area contributed by atoms with E-state index in [9.17, 15) is 5.11 Å². The van der Waals surface area contributed by atoms with Gasteiger partial charge in [-0.15, -0.1) is 0 Å². The van der Waals surface area contributed by atoms with Gasteiger partial charge in [-0.05, 0) is 44.4 Å². The van der Waals surface area contributed by atoms with Crippen molar-refractivity contribution in [3.63, 3.8) is 0 Å². The van der Waals surface area contributed by atoms with E-state index in [2.05, 4.69) is 22.5 Å². The van der Waals surface area contributed by atoms with Crippen LogP contribution >= 0.6 is 0 Å². The molecule has 1 aliphatic heterocycles. The Labute approximate surface area is 175 Å². The molecule has 2 rings (SSSR count). The van der Waals surface area contributed by atoms with E-state index in [4.69, 9.17) is 14.5 Å². The number of hydrogen-bond acceptors (Lipinski definition) is 5. The van der Waals surface area contributed by atoms with Crippen LogP contribution < -0.4 is 15.4 Å². The van der Waals surface area contributed by atoms with Crippen molar-refractivity contribution in [3.05, 3.63) is 29.8 Å². The number of ether oxygens (including phenoxy) is 2. The Kier molecular flexibility index (Phi) is 10.2. The first kappa shape index (κ1) is 23.4. The quantitative estimate of drug-likeness (QED) is 0.408. The van der Waals surface area contributed by atoms with E-state index in [1.807, 2.05) is 45.0 Å². The van der Waals surface area contributed by atoms with Gasteiger partial charge >= 0.3 is 0 Å². The van der Waals surface area contributed by atoms with Crippen LogP contribution in [0.25, 0.3) is 0 Å². The van der Waals surface area contributed by atoms with Gasteiger partial charge in [-0.3, -0.25) is 9.89 Å². The molecule has 164 valence electrons. The molecule has 7 heteroatoms. The van der Waals surface area contributed by atoms with Crippen molar-refractivity contribution >= 4 is 5.96 Å². The third kappa shape index (κ3) is 9.02. The highest BCUT2D eigenvalue weighted by atomic mass is 16.5. The number of hydrogen-bond donors (Lipinski definition) is 3. The van der Waals surface area contributed by atoms with E-state index >= 15 is 0 Å². The zero-order chi connectivity index (χ0) is 21.1. The predicted octanol–water partition coefficient (Wildman–Crippen LogP) is 2.03. The SMILES string of the molecule is CCNC(=NCC(C)CN1CCOCC1)NCC(O)c1cccc(OC(C)C)c1. The standard InChI is InChI=1S/C22H38N4O3/c1-5-23-22(24-14-18(4)16-26-9-11-28-12-10-26)25-15-21(27)19-7-6-8-20(13-19)29-17(2)3/h6-8,13,17-18,21,27H,5,9-12,14-16H2,1-4H3,(H2,23,24,25). The fourth-order valence-corrected chi connectivity index (χ4v) is 3.25. The van der Waals surface area contributed by atoms with Gasteiger partial charge in [-0.1, -0.05) is 19.1 Å². The van der Waals surface area contributed by atoms with Crippen LogP contribution in [0.4, 0.5) is 0 Å². The number of morpholine rings is 1. The number of nitrogens with one attached hydrogen (secondary N) is 2. The smallest absolute Gasteiger partial charge is 0.191 e. The van der Waals surface area contributed by atoms with Crippen molar-refractivity contribution in [1.82, 2.24) is 15.5 Å². The molecule has 1 aromatic rings. The fourth-order valence-electron chi connectivity index (χ4n) is 3.25. The summed E-state index contributed by atoms with van der Waals surface area (Å²) < 4.78 is 11.1. The van der Waals surface area contributed by atoms with Crippen LogP contribution in [0.15, 0.2) is 29.3 Å². The van der Waals surface area contributed by atoms with Crippen LogP contribution in [0.1, 0.15) is 39.4 Å². The second-order valence-electron chi connectivity index (χ2n) is 7.87. The van der Waals surface area contributed by atoms with E-state index < -0.39 is 6.10 Å². The molecule has 2 unspecified atom stereocenters. The molecule has 0 aromatic heterocycles. The van der Waals surface area contributed by atoms with Gasteiger partial charge in [0.2, 0.25) is 0 Å². The molecule has 1 aliphatic rings. The Balaban J connectivity index is 1.84. The van der Waals surface area contributed by atoms with Crippen LogP contribution in [-0.4, -0.2) is 74.6 Å². The normalized spacial score (nSPS) is 17.8. The summed E-state index contributed by atoms with van der Waals surface area (Å²) in [6, 6.07) is 7.61. The lowest BCUT2D eigenvalue weighted by Gasteiger charge is -2.28. The molecule has 0 saturated carbocycles. The van der Waals surface area contributed by atoms with Crippen LogP contribution in [0.5, 0.6) is 5.75 Å². The average molecular weight is 407 g/mol. The minimum Gasteiger partial charge on any atom is -0.491 e. The Hall–Kier alpha value is -1.83. The summed E-state index contributed by atoms with van der Waals surface area (Å²) in [7, 11) is 0. The predicted molar refractivity (Wildman–Crippen MR) is 118 cm³/mol. The van der Waals surface area contributed by atoms with Gasteiger partial charge in [-0.2, -0.15) is 0 Å². The van der Waals surface area contributed by atoms with Crippen molar-refractivity contribution in [2.45, 2.75) is 39.9 Å². The minimum atomic E-state index is -0.639. The molecule has 0 radical (unpaired) electrons. The van der Waals surface area contributed by atoms with Gasteiger partial charge in [0.1, 0.15) is 5.75 Å². The zero-order valence-electron chi connectivity index (χ0n) is 18.4. The maximum absolute atomic E-state index is 10.6. The van der Waals surface area contributed by atoms with E-state index in [-0.39, 0.29) is 6.10 Å². The summed E-state index contributed by atoms with van der Waals surface area (Å²) in [6.45, 7) is 14.8. The lowest BCUT2D eigenvalue weighted by molar-refractivity contribution is 0.0323. The van der Waals surface area contributed by atoms with Gasteiger partial charge in [0, 0.05) is 39.3 Å². The molecule has 29 heavy (non-hydrogen) atoms. The van der Waals surface area contributed by atoms with E-state index in [1.54, 1.807) is 0 Å². The summed E-state index contributed by atoms with van der Waals surface area (Å²) >= 11 is 0. The second-order valence-corrected chi connectivity index (χ2v) is 7.87. The van der Waals surface area contributed by atoms with Gasteiger partial charge in [0.25, 0.3) is 0 Å². The maximum atomic E-state index is 10.6. The minimum absolute atomic E-state index is 0.104. The molecule has 1 heterocycles. The zero-order valence-corrected chi connectivity index (χ0v) is 18.4. The number of aliphatic hydroxyl groups is 1. The van der Waals surface area contributed by atoms with Gasteiger partial charge in [0.05, 0.1) is 25.4 Å². The molecular formula is C22H38N4O3. The van der Waals surface area contributed by atoms with Crippen molar-refractivity contribution in [2.75, 3.05) is 52.5 Å². The topological polar surface area (TPSA) is 78.4 Å². The van der Waals surface area contributed by atoms with E-state index in [1.165, 1.54) is 0 Å². The van der Waals surface area contributed by atoms with Crippen molar-refractivity contribution in [1.29, 1.82) is 0 Å². The van der Waals surface area contributed by atoms with Crippen LogP contribution in [0, 0.1) is 5.92 Å². The summed E-state index contributed by atoms with van der Waals surface area (Å²) in [5.74, 6) is 1.96. The third-order valence-electron chi connectivity index (χ3n) is 4.66. The fraction of sp³-hybridized carbons (Fsp3) is 0.682. The number of aliphatic imine (C=N–C) groups is 1. The molecule has 1 aromatic carbocycles. The molecule has 1 saturated heterocycles. The summed E-state index contributed by atoms with van der Waals surface area (Å²) in [6.07, 6.45) is -0.534. The number of rotatable bonds is 10. The highest BCUT2D eigenvalue weighted by Gasteiger charge is 2.14. The van der Waals surface area contributed by atoms with Crippen molar-refractivity contribution in [2.24, 2.45) is 10.9 Å². The molecule has 2 atom stereocenters. The van der Waals surface area contributed by atoms with Gasteiger partial charge in [-0.25, -0.2) is 0 Å². The maximum Gasteiger partial charge on any atom is 0.191 e. The van der Waals surface area contributed by atoms with Crippen LogP contribution in [-0.2, 0) is 4.74 Å². The van der Waals surface area contributed by atoms with E-state index in [0.717, 1.165) is 63.2 Å². The molecule has 0 spiro atoms. The van der Waals surface area contributed by atoms with Crippen LogP contribution in [0.3, 0.4) is 0 Å². The number of benzene rings is 1.